The lowest BCUT2D eigenvalue weighted by Gasteiger charge is -2.14. The maximum absolute atomic E-state index is 14.7. The molecule has 1 aliphatic heterocycles. The third kappa shape index (κ3) is 3.96. The van der Waals surface area contributed by atoms with Gasteiger partial charge in [0.25, 0.3) is 0 Å². The maximum atomic E-state index is 14.7. The fourth-order valence-corrected chi connectivity index (χ4v) is 3.78. The molecule has 0 spiro atoms. The molecular formula is C26H19FN4O2. The molecule has 1 aromatic heterocycles. The zero-order valence-electron chi connectivity index (χ0n) is 17.7. The van der Waals surface area contributed by atoms with E-state index < -0.39 is 0 Å². The zero-order valence-corrected chi connectivity index (χ0v) is 17.7. The van der Waals surface area contributed by atoms with Gasteiger partial charge in [-0.2, -0.15) is 0 Å². The number of fused-ring (bicyclic) bond motifs is 3. The number of hydrogen-bond acceptors (Lipinski definition) is 6. The highest BCUT2D eigenvalue weighted by molar-refractivity contribution is 6.17. The number of rotatable bonds is 5. The Bertz CT molecular complexity index is 1380. The van der Waals surface area contributed by atoms with E-state index in [1.807, 2.05) is 18.2 Å². The highest BCUT2D eigenvalue weighted by Crippen LogP contribution is 2.34. The van der Waals surface area contributed by atoms with Gasteiger partial charge in [0.2, 0.25) is 5.95 Å². The number of benzene rings is 3. The number of halogens is 1. The Balaban J connectivity index is 1.61. The van der Waals surface area contributed by atoms with Gasteiger partial charge in [0.1, 0.15) is 17.9 Å². The largest absolute Gasteiger partial charge is 0.497 e. The summed E-state index contributed by atoms with van der Waals surface area (Å²) in [6.07, 6.45) is 2.52. The summed E-state index contributed by atoms with van der Waals surface area (Å²) < 4.78 is 20.1. The predicted molar refractivity (Wildman–Crippen MR) is 125 cm³/mol. The average molecular weight is 438 g/mol. The molecule has 0 fully saturated rings. The van der Waals surface area contributed by atoms with E-state index in [9.17, 15) is 9.18 Å². The number of nitrogens with zero attached hydrogens (tertiary/aromatic N) is 3. The van der Waals surface area contributed by atoms with E-state index in [4.69, 9.17) is 14.7 Å². The summed E-state index contributed by atoms with van der Waals surface area (Å²) >= 11 is 0. The Kier molecular flexibility index (Phi) is 5.36. The molecule has 6 nitrogen and oxygen atoms in total. The second kappa shape index (κ2) is 8.63. The molecule has 2 heterocycles. The van der Waals surface area contributed by atoms with Crippen LogP contribution in [0.15, 0.2) is 77.9 Å². The number of aldehydes is 1. The van der Waals surface area contributed by atoms with Gasteiger partial charge in [-0.15, -0.1) is 0 Å². The number of anilines is 2. The molecule has 0 aliphatic carbocycles. The first kappa shape index (κ1) is 20.5. The van der Waals surface area contributed by atoms with Crippen molar-refractivity contribution < 1.29 is 13.9 Å². The van der Waals surface area contributed by atoms with Gasteiger partial charge < -0.3 is 10.1 Å². The van der Waals surface area contributed by atoms with Gasteiger partial charge in [-0.1, -0.05) is 12.1 Å². The first-order valence-corrected chi connectivity index (χ1v) is 10.3. The smallest absolute Gasteiger partial charge is 0.227 e. The molecule has 0 amide bonds. The van der Waals surface area contributed by atoms with Crippen molar-refractivity contribution >= 4 is 23.6 Å². The summed E-state index contributed by atoms with van der Waals surface area (Å²) in [5, 5.41) is 3.17. The summed E-state index contributed by atoms with van der Waals surface area (Å²) in [6, 6.07) is 19.2. The zero-order chi connectivity index (χ0) is 22.8. The van der Waals surface area contributed by atoms with Crippen molar-refractivity contribution in [2.75, 3.05) is 12.4 Å². The SMILES string of the molecule is COc1ccc2c(c1)C(c1ccccc1F)=NCc1cnc(Nc3ccc(C=O)cc3)nc1-2. The van der Waals surface area contributed by atoms with Crippen LogP contribution in [0.3, 0.4) is 0 Å². The summed E-state index contributed by atoms with van der Waals surface area (Å²) in [6.45, 7) is 0.310. The van der Waals surface area contributed by atoms with E-state index in [1.54, 1.807) is 55.8 Å². The van der Waals surface area contributed by atoms with Crippen LogP contribution in [0.5, 0.6) is 5.75 Å². The Morgan fingerprint density at radius 2 is 1.82 bits per heavy atom. The van der Waals surface area contributed by atoms with E-state index in [1.165, 1.54) is 6.07 Å². The van der Waals surface area contributed by atoms with Gasteiger partial charge in [0.15, 0.2) is 0 Å². The fourth-order valence-electron chi connectivity index (χ4n) is 3.78. The number of methoxy groups -OCH3 is 1. The first-order chi connectivity index (χ1) is 16.2. The van der Waals surface area contributed by atoms with Crippen molar-refractivity contribution in [3.63, 3.8) is 0 Å². The van der Waals surface area contributed by atoms with Crippen molar-refractivity contribution in [3.8, 4) is 17.0 Å². The lowest BCUT2D eigenvalue weighted by molar-refractivity contribution is 0.112. The molecule has 0 unspecified atom stereocenters. The highest BCUT2D eigenvalue weighted by atomic mass is 19.1. The molecule has 4 aromatic rings. The lowest BCUT2D eigenvalue weighted by atomic mass is 9.95. The van der Waals surface area contributed by atoms with Crippen LogP contribution in [-0.4, -0.2) is 29.1 Å². The Morgan fingerprint density at radius 3 is 2.58 bits per heavy atom. The van der Waals surface area contributed by atoms with Crippen molar-refractivity contribution in [2.45, 2.75) is 6.54 Å². The molecule has 33 heavy (non-hydrogen) atoms. The molecule has 0 radical (unpaired) electrons. The molecule has 7 heteroatoms. The van der Waals surface area contributed by atoms with Crippen molar-refractivity contribution in [3.05, 3.63) is 101 Å². The first-order valence-electron chi connectivity index (χ1n) is 10.3. The van der Waals surface area contributed by atoms with E-state index >= 15 is 0 Å². The van der Waals surface area contributed by atoms with Crippen molar-refractivity contribution in [2.24, 2.45) is 4.99 Å². The van der Waals surface area contributed by atoms with Crippen LogP contribution in [0.4, 0.5) is 16.0 Å². The topological polar surface area (TPSA) is 76.5 Å². The number of aliphatic imine (C=N–C) groups is 1. The third-order valence-corrected chi connectivity index (χ3v) is 5.44. The number of hydrogen-bond donors (Lipinski definition) is 1. The normalized spacial score (nSPS) is 12.1. The van der Waals surface area contributed by atoms with Gasteiger partial charge in [-0.05, 0) is 54.6 Å². The van der Waals surface area contributed by atoms with E-state index in [2.05, 4.69) is 10.3 Å². The van der Waals surface area contributed by atoms with E-state index in [0.717, 1.165) is 28.7 Å². The molecule has 1 N–H and O–H groups in total. The summed E-state index contributed by atoms with van der Waals surface area (Å²) in [5.74, 6) is 0.704. The molecule has 3 aromatic carbocycles. The monoisotopic (exact) mass is 438 g/mol. The number of carbonyl (C=O) groups excluding carboxylic acids is 1. The van der Waals surface area contributed by atoms with Gasteiger partial charge >= 0.3 is 0 Å². The fraction of sp³-hybridized carbons (Fsp3) is 0.0769. The van der Waals surface area contributed by atoms with Crippen molar-refractivity contribution in [1.82, 2.24) is 9.97 Å². The predicted octanol–water partition coefficient (Wildman–Crippen LogP) is 5.20. The number of carbonyl (C=O) groups is 1. The molecule has 0 bridgehead atoms. The Labute approximate surface area is 189 Å². The summed E-state index contributed by atoms with van der Waals surface area (Å²) in [5.41, 5.74) is 5.39. The summed E-state index contributed by atoms with van der Waals surface area (Å²) in [7, 11) is 1.59. The van der Waals surface area contributed by atoms with E-state index in [-0.39, 0.29) is 5.82 Å². The van der Waals surface area contributed by atoms with Crippen LogP contribution >= 0.6 is 0 Å². The highest BCUT2D eigenvalue weighted by Gasteiger charge is 2.23. The number of aromatic nitrogens is 2. The molecular weight excluding hydrogens is 419 g/mol. The van der Waals surface area contributed by atoms with Gasteiger partial charge in [0.05, 0.1) is 25.1 Å². The Hall–Kier alpha value is -4.39. The molecule has 1 aliphatic rings. The third-order valence-electron chi connectivity index (χ3n) is 5.44. The minimum absolute atomic E-state index is 0.310. The van der Waals surface area contributed by atoms with Crippen molar-refractivity contribution in [1.29, 1.82) is 0 Å². The van der Waals surface area contributed by atoms with Crippen LogP contribution in [0.1, 0.15) is 27.0 Å². The second-order valence-electron chi connectivity index (χ2n) is 7.49. The van der Waals surface area contributed by atoms with Crippen LogP contribution in [0.2, 0.25) is 0 Å². The number of ether oxygens (including phenoxy) is 1. The standard InChI is InChI=1S/C26H19FN4O2/c1-33-19-10-11-20-22(12-19)25(21-4-2-3-5-23(21)27)28-13-17-14-29-26(31-24(17)20)30-18-8-6-16(15-32)7-9-18/h2-12,14-15H,13H2,1H3,(H,29,30,31). The molecule has 0 saturated heterocycles. The summed E-state index contributed by atoms with van der Waals surface area (Å²) in [4.78, 5) is 24.8. The number of nitrogens with one attached hydrogen (secondary N) is 1. The lowest BCUT2D eigenvalue weighted by Crippen LogP contribution is -2.07. The molecule has 0 saturated carbocycles. The van der Waals surface area contributed by atoms with Crippen LogP contribution in [0, 0.1) is 5.82 Å². The second-order valence-corrected chi connectivity index (χ2v) is 7.49. The quantitative estimate of drug-likeness (QED) is 0.434. The van der Waals surface area contributed by atoms with Crippen LogP contribution in [0.25, 0.3) is 11.3 Å². The molecule has 5 rings (SSSR count). The van der Waals surface area contributed by atoms with Gasteiger partial charge in [-0.25, -0.2) is 14.4 Å². The van der Waals surface area contributed by atoms with Gasteiger partial charge in [-0.3, -0.25) is 9.79 Å². The maximum Gasteiger partial charge on any atom is 0.227 e. The van der Waals surface area contributed by atoms with Crippen LogP contribution in [-0.2, 0) is 6.54 Å². The van der Waals surface area contributed by atoms with Crippen LogP contribution < -0.4 is 10.1 Å². The van der Waals surface area contributed by atoms with Gasteiger partial charge in [0, 0.05) is 39.7 Å². The molecule has 162 valence electrons. The average Bonchev–Trinajstić information content (AvgIpc) is 3.01. The Morgan fingerprint density at radius 1 is 1.00 bits per heavy atom. The van der Waals surface area contributed by atoms with E-state index in [0.29, 0.717) is 40.8 Å². The minimum Gasteiger partial charge on any atom is -0.497 e. The minimum atomic E-state index is -0.344. The molecule has 0 atom stereocenters.